The van der Waals surface area contributed by atoms with Gasteiger partial charge in [-0.05, 0) is 25.7 Å². The Morgan fingerprint density at radius 2 is 2.10 bits per heavy atom. The van der Waals surface area contributed by atoms with Gasteiger partial charge in [-0.3, -0.25) is 0 Å². The molecule has 0 saturated carbocycles. The van der Waals surface area contributed by atoms with E-state index >= 15 is 0 Å². The van der Waals surface area contributed by atoms with Gasteiger partial charge in [0.25, 0.3) is 0 Å². The maximum atomic E-state index is 2.36. The molecule has 0 N–H and O–H groups in total. The Balaban J connectivity index is 2.61. The second-order valence-corrected chi connectivity index (χ2v) is 2.83. The highest BCUT2D eigenvalue weighted by atomic mass is 14.1. The monoisotopic (exact) mass is 136 g/mol. The second-order valence-electron chi connectivity index (χ2n) is 2.83. The highest BCUT2D eigenvalue weighted by molar-refractivity contribution is 5.27. The maximum Gasteiger partial charge on any atom is -0.0282 e. The van der Waals surface area contributed by atoms with E-state index in [2.05, 4.69) is 26.0 Å². The zero-order valence-corrected chi connectivity index (χ0v) is 6.98. The van der Waals surface area contributed by atoms with Crippen LogP contribution in [0.5, 0.6) is 0 Å². The number of hydrogen-bond acceptors (Lipinski definition) is 0. The van der Waals surface area contributed by atoms with Crippen LogP contribution in [0.25, 0.3) is 0 Å². The summed E-state index contributed by atoms with van der Waals surface area (Å²) in [5, 5.41) is 0. The van der Waals surface area contributed by atoms with Crippen LogP contribution in [-0.4, -0.2) is 0 Å². The zero-order chi connectivity index (χ0) is 7.40. The highest BCUT2D eigenvalue weighted by Crippen LogP contribution is 2.20. The Morgan fingerprint density at radius 3 is 2.70 bits per heavy atom. The third-order valence-corrected chi connectivity index (χ3v) is 2.12. The third-order valence-electron chi connectivity index (χ3n) is 2.12. The molecule has 0 unspecified atom stereocenters. The standard InChI is InChI=1S/C10H16/c1-3-9-6-5-7-10(4-2)8-9/h6,8H,3-5,7H2,1-2H3. The molecule has 0 bridgehead atoms. The van der Waals surface area contributed by atoms with E-state index in [4.69, 9.17) is 0 Å². The smallest absolute Gasteiger partial charge is 0.0282 e. The number of hydrogen-bond donors (Lipinski definition) is 0. The SMILES string of the molecule is CCC1=CCCC(CC)=C1. The first-order chi connectivity index (χ1) is 4.86. The van der Waals surface area contributed by atoms with Gasteiger partial charge in [-0.15, -0.1) is 0 Å². The fourth-order valence-electron chi connectivity index (χ4n) is 1.36. The van der Waals surface area contributed by atoms with E-state index in [1.165, 1.54) is 31.3 Å². The molecule has 0 heterocycles. The fraction of sp³-hybridized carbons (Fsp3) is 0.600. The molecule has 0 aromatic heterocycles. The predicted molar refractivity (Wildman–Crippen MR) is 46.0 cm³/mol. The molecule has 56 valence electrons. The summed E-state index contributed by atoms with van der Waals surface area (Å²) in [7, 11) is 0. The molecular weight excluding hydrogens is 120 g/mol. The third kappa shape index (κ3) is 1.73. The zero-order valence-electron chi connectivity index (χ0n) is 6.98. The van der Waals surface area contributed by atoms with E-state index in [-0.39, 0.29) is 0 Å². The van der Waals surface area contributed by atoms with Crippen LogP contribution in [0.4, 0.5) is 0 Å². The number of allylic oxidation sites excluding steroid dienone is 4. The Morgan fingerprint density at radius 1 is 1.30 bits per heavy atom. The van der Waals surface area contributed by atoms with Crippen molar-refractivity contribution in [3.63, 3.8) is 0 Å². The van der Waals surface area contributed by atoms with Crippen LogP contribution in [0, 0.1) is 0 Å². The van der Waals surface area contributed by atoms with E-state index in [9.17, 15) is 0 Å². The molecule has 1 rings (SSSR count). The van der Waals surface area contributed by atoms with Crippen molar-refractivity contribution in [2.75, 3.05) is 0 Å². The highest BCUT2D eigenvalue weighted by Gasteiger charge is 2.00. The van der Waals surface area contributed by atoms with Gasteiger partial charge in [0.15, 0.2) is 0 Å². The van der Waals surface area contributed by atoms with Crippen molar-refractivity contribution in [1.29, 1.82) is 0 Å². The lowest BCUT2D eigenvalue weighted by Crippen LogP contribution is -1.90. The van der Waals surface area contributed by atoms with Gasteiger partial charge >= 0.3 is 0 Å². The number of rotatable bonds is 2. The summed E-state index contributed by atoms with van der Waals surface area (Å²) >= 11 is 0. The topological polar surface area (TPSA) is 0 Å². The maximum absolute atomic E-state index is 2.36. The van der Waals surface area contributed by atoms with Crippen molar-refractivity contribution in [3.05, 3.63) is 23.3 Å². The summed E-state index contributed by atoms with van der Waals surface area (Å²) in [6.07, 6.45) is 9.71. The van der Waals surface area contributed by atoms with Crippen LogP contribution in [0.2, 0.25) is 0 Å². The molecule has 1 aliphatic rings. The minimum atomic E-state index is 1.20. The fourth-order valence-corrected chi connectivity index (χ4v) is 1.36. The van der Waals surface area contributed by atoms with Gasteiger partial charge in [0.05, 0.1) is 0 Å². The van der Waals surface area contributed by atoms with Crippen LogP contribution in [0.3, 0.4) is 0 Å². The average molecular weight is 136 g/mol. The molecule has 0 nitrogen and oxygen atoms in total. The van der Waals surface area contributed by atoms with Crippen LogP contribution >= 0.6 is 0 Å². The second kappa shape index (κ2) is 3.60. The molecule has 0 heteroatoms. The van der Waals surface area contributed by atoms with Crippen LogP contribution < -0.4 is 0 Å². The van der Waals surface area contributed by atoms with Gasteiger partial charge in [-0.2, -0.15) is 0 Å². The van der Waals surface area contributed by atoms with Crippen LogP contribution in [0.15, 0.2) is 23.3 Å². The molecule has 0 aromatic rings. The molecule has 0 spiro atoms. The Kier molecular flexibility index (Phi) is 2.73. The molecule has 1 aliphatic carbocycles. The molecular formula is C10H16. The first-order valence-corrected chi connectivity index (χ1v) is 4.25. The predicted octanol–water partition coefficient (Wildman–Crippen LogP) is 3.45. The van der Waals surface area contributed by atoms with Gasteiger partial charge in [-0.25, -0.2) is 0 Å². The van der Waals surface area contributed by atoms with E-state index in [1.54, 1.807) is 5.57 Å². The molecule has 0 atom stereocenters. The van der Waals surface area contributed by atoms with Gasteiger partial charge in [0.1, 0.15) is 0 Å². The minimum Gasteiger partial charge on any atom is -0.0810 e. The van der Waals surface area contributed by atoms with E-state index in [0.717, 1.165) is 0 Å². The lowest BCUT2D eigenvalue weighted by Gasteiger charge is -2.10. The molecule has 0 saturated heterocycles. The largest absolute Gasteiger partial charge is 0.0810 e. The van der Waals surface area contributed by atoms with Gasteiger partial charge in [0, 0.05) is 0 Å². The summed E-state index contributed by atoms with van der Waals surface area (Å²) < 4.78 is 0. The quantitative estimate of drug-likeness (QED) is 0.545. The summed E-state index contributed by atoms with van der Waals surface area (Å²) in [6, 6.07) is 0. The molecule has 0 amide bonds. The molecule has 0 aromatic carbocycles. The Bertz CT molecular complexity index is 161. The summed E-state index contributed by atoms with van der Waals surface area (Å²) in [6.45, 7) is 4.46. The first kappa shape index (κ1) is 7.59. The minimum absolute atomic E-state index is 1.20. The molecule has 10 heavy (non-hydrogen) atoms. The molecule has 0 fully saturated rings. The molecule has 0 radical (unpaired) electrons. The normalized spacial score (nSPS) is 18.2. The first-order valence-electron chi connectivity index (χ1n) is 4.25. The van der Waals surface area contributed by atoms with Crippen molar-refractivity contribution in [3.8, 4) is 0 Å². The lowest BCUT2D eigenvalue weighted by atomic mass is 9.96. The summed E-state index contributed by atoms with van der Waals surface area (Å²) in [5.41, 5.74) is 3.16. The van der Waals surface area contributed by atoms with Gasteiger partial charge in [-0.1, -0.05) is 37.1 Å². The van der Waals surface area contributed by atoms with Crippen molar-refractivity contribution in [2.45, 2.75) is 39.5 Å². The summed E-state index contributed by atoms with van der Waals surface area (Å²) in [4.78, 5) is 0. The average Bonchev–Trinajstić information content (AvgIpc) is 2.05. The van der Waals surface area contributed by atoms with Crippen molar-refractivity contribution in [2.24, 2.45) is 0 Å². The van der Waals surface area contributed by atoms with Crippen molar-refractivity contribution >= 4 is 0 Å². The van der Waals surface area contributed by atoms with Crippen molar-refractivity contribution < 1.29 is 0 Å². The van der Waals surface area contributed by atoms with E-state index in [0.29, 0.717) is 0 Å². The van der Waals surface area contributed by atoms with E-state index < -0.39 is 0 Å². The van der Waals surface area contributed by atoms with Crippen molar-refractivity contribution in [1.82, 2.24) is 0 Å². The lowest BCUT2D eigenvalue weighted by molar-refractivity contribution is 0.871. The van der Waals surface area contributed by atoms with E-state index in [1.807, 2.05) is 0 Å². The van der Waals surface area contributed by atoms with Gasteiger partial charge < -0.3 is 0 Å². The molecule has 0 aliphatic heterocycles. The Hall–Kier alpha value is -0.520. The van der Waals surface area contributed by atoms with Crippen LogP contribution in [0.1, 0.15) is 39.5 Å². The summed E-state index contributed by atoms with van der Waals surface area (Å²) in [5.74, 6) is 0. The van der Waals surface area contributed by atoms with Crippen LogP contribution in [-0.2, 0) is 0 Å². The van der Waals surface area contributed by atoms with Gasteiger partial charge in [0.2, 0.25) is 0 Å². The Labute approximate surface area is 63.6 Å².